The van der Waals surface area contributed by atoms with Crippen LogP contribution in [0.2, 0.25) is 0 Å². The third-order valence-electron chi connectivity index (χ3n) is 4.11. The molecule has 0 radical (unpaired) electrons. The summed E-state index contributed by atoms with van der Waals surface area (Å²) in [5.41, 5.74) is 3.35. The number of para-hydroxylation sites is 1. The summed E-state index contributed by atoms with van der Waals surface area (Å²) in [6.45, 7) is 0. The molecule has 2 amide bonds. The Hall–Kier alpha value is -3.98. The molecule has 2 N–H and O–H groups in total. The number of hydrazone groups is 1. The van der Waals surface area contributed by atoms with Gasteiger partial charge in [0.1, 0.15) is 11.5 Å². The minimum Gasteiger partial charge on any atom is -0.497 e. The van der Waals surface area contributed by atoms with Crippen LogP contribution in [0.3, 0.4) is 0 Å². The second kappa shape index (κ2) is 10.9. The normalized spacial score (nSPS) is 10.4. The molecule has 0 heterocycles. The molecule has 0 aromatic heterocycles. The minimum absolute atomic E-state index is 0.234. The first-order valence-electron chi connectivity index (χ1n) is 9.31. The summed E-state index contributed by atoms with van der Waals surface area (Å²) in [7, 11) is 1.50. The van der Waals surface area contributed by atoms with E-state index in [9.17, 15) is 14.4 Å². The molecule has 32 heavy (non-hydrogen) atoms. The molecular formula is C23H18BrN3O5. The summed E-state index contributed by atoms with van der Waals surface area (Å²) < 4.78 is 11.4. The second-order valence-electron chi connectivity index (χ2n) is 6.32. The SMILES string of the molecule is COc1cccc(C(=O)Oc2ccccc2/C=N/NC(=O)C(=O)Nc2ccc(Br)cc2)c1. The molecule has 0 aliphatic heterocycles. The number of anilines is 1. The Morgan fingerprint density at radius 1 is 0.938 bits per heavy atom. The summed E-state index contributed by atoms with van der Waals surface area (Å²) >= 11 is 3.29. The molecule has 0 atom stereocenters. The van der Waals surface area contributed by atoms with Crippen molar-refractivity contribution in [2.24, 2.45) is 5.10 Å². The van der Waals surface area contributed by atoms with E-state index < -0.39 is 17.8 Å². The van der Waals surface area contributed by atoms with E-state index >= 15 is 0 Å². The maximum atomic E-state index is 12.5. The van der Waals surface area contributed by atoms with Crippen LogP contribution in [-0.2, 0) is 9.59 Å². The Balaban J connectivity index is 1.62. The van der Waals surface area contributed by atoms with Gasteiger partial charge in [-0.25, -0.2) is 10.2 Å². The van der Waals surface area contributed by atoms with Gasteiger partial charge in [0.25, 0.3) is 0 Å². The zero-order valence-corrected chi connectivity index (χ0v) is 18.5. The molecule has 0 saturated carbocycles. The van der Waals surface area contributed by atoms with Crippen molar-refractivity contribution in [3.63, 3.8) is 0 Å². The van der Waals surface area contributed by atoms with Gasteiger partial charge in [-0.1, -0.05) is 34.1 Å². The van der Waals surface area contributed by atoms with Gasteiger partial charge in [0.2, 0.25) is 0 Å². The molecule has 8 nitrogen and oxygen atoms in total. The van der Waals surface area contributed by atoms with Crippen LogP contribution in [-0.4, -0.2) is 31.1 Å². The van der Waals surface area contributed by atoms with E-state index in [-0.39, 0.29) is 5.75 Å². The molecule has 0 spiro atoms. The van der Waals surface area contributed by atoms with Crippen molar-refractivity contribution in [2.45, 2.75) is 0 Å². The van der Waals surface area contributed by atoms with Crippen molar-refractivity contribution in [3.8, 4) is 11.5 Å². The van der Waals surface area contributed by atoms with Gasteiger partial charge in [-0.05, 0) is 54.6 Å². The zero-order valence-electron chi connectivity index (χ0n) is 16.9. The Bertz CT molecular complexity index is 1160. The fourth-order valence-corrected chi connectivity index (χ4v) is 2.79. The molecule has 0 aliphatic rings. The van der Waals surface area contributed by atoms with E-state index in [1.54, 1.807) is 72.8 Å². The predicted octanol–water partition coefficient (Wildman–Crippen LogP) is 3.77. The van der Waals surface area contributed by atoms with Gasteiger partial charge in [-0.15, -0.1) is 0 Å². The molecule has 0 unspecified atom stereocenters. The molecule has 0 bridgehead atoms. The molecule has 162 valence electrons. The highest BCUT2D eigenvalue weighted by Crippen LogP contribution is 2.19. The van der Waals surface area contributed by atoms with Crippen LogP contribution in [0.15, 0.2) is 82.4 Å². The summed E-state index contributed by atoms with van der Waals surface area (Å²) in [6, 6.07) is 19.9. The van der Waals surface area contributed by atoms with Crippen LogP contribution in [0.25, 0.3) is 0 Å². The first kappa shape index (κ1) is 22.7. The summed E-state index contributed by atoms with van der Waals surface area (Å²) in [4.78, 5) is 36.4. The number of hydrogen-bond donors (Lipinski definition) is 2. The Morgan fingerprint density at radius 2 is 1.69 bits per heavy atom. The molecular weight excluding hydrogens is 478 g/mol. The number of hydrogen-bond acceptors (Lipinski definition) is 6. The van der Waals surface area contributed by atoms with Crippen LogP contribution >= 0.6 is 15.9 Å². The average Bonchev–Trinajstić information content (AvgIpc) is 2.81. The second-order valence-corrected chi connectivity index (χ2v) is 7.24. The van der Waals surface area contributed by atoms with Crippen molar-refractivity contribution in [3.05, 3.63) is 88.4 Å². The van der Waals surface area contributed by atoms with E-state index in [1.807, 2.05) is 0 Å². The van der Waals surface area contributed by atoms with Gasteiger partial charge < -0.3 is 14.8 Å². The van der Waals surface area contributed by atoms with Crippen LogP contribution < -0.4 is 20.2 Å². The average molecular weight is 496 g/mol. The lowest BCUT2D eigenvalue weighted by Crippen LogP contribution is -2.32. The van der Waals surface area contributed by atoms with E-state index in [4.69, 9.17) is 9.47 Å². The molecule has 3 aromatic carbocycles. The number of carbonyl (C=O) groups is 3. The van der Waals surface area contributed by atoms with Crippen molar-refractivity contribution < 1.29 is 23.9 Å². The smallest absolute Gasteiger partial charge is 0.343 e. The molecule has 9 heteroatoms. The minimum atomic E-state index is -0.949. The highest BCUT2D eigenvalue weighted by molar-refractivity contribution is 9.10. The Morgan fingerprint density at radius 3 is 2.44 bits per heavy atom. The maximum Gasteiger partial charge on any atom is 0.343 e. The largest absolute Gasteiger partial charge is 0.497 e. The summed E-state index contributed by atoms with van der Waals surface area (Å²) in [6.07, 6.45) is 1.28. The first-order chi connectivity index (χ1) is 15.5. The fourth-order valence-electron chi connectivity index (χ4n) is 2.52. The standard InChI is InChI=1S/C23H18BrN3O5/c1-31-19-7-4-6-15(13-19)23(30)32-20-8-3-2-5-16(20)14-25-27-22(29)21(28)26-18-11-9-17(24)10-12-18/h2-14H,1H3,(H,26,28)(H,27,29)/b25-14+. The molecule has 0 saturated heterocycles. The van der Waals surface area contributed by atoms with Crippen molar-refractivity contribution >= 4 is 45.6 Å². The van der Waals surface area contributed by atoms with Crippen molar-refractivity contribution in [2.75, 3.05) is 12.4 Å². The molecule has 0 aliphatic carbocycles. The van der Waals surface area contributed by atoms with E-state index in [2.05, 4.69) is 31.8 Å². The van der Waals surface area contributed by atoms with Gasteiger partial charge in [-0.2, -0.15) is 5.10 Å². The van der Waals surface area contributed by atoms with Crippen LogP contribution in [0.1, 0.15) is 15.9 Å². The third kappa shape index (κ3) is 6.26. The van der Waals surface area contributed by atoms with Crippen LogP contribution in [0.5, 0.6) is 11.5 Å². The topological polar surface area (TPSA) is 106 Å². The predicted molar refractivity (Wildman–Crippen MR) is 123 cm³/mol. The highest BCUT2D eigenvalue weighted by Gasteiger charge is 2.14. The van der Waals surface area contributed by atoms with E-state index in [1.165, 1.54) is 13.3 Å². The van der Waals surface area contributed by atoms with Gasteiger partial charge in [0, 0.05) is 15.7 Å². The lowest BCUT2D eigenvalue weighted by molar-refractivity contribution is -0.136. The Labute approximate surface area is 192 Å². The quantitative estimate of drug-likeness (QED) is 0.178. The van der Waals surface area contributed by atoms with Gasteiger partial charge in [0.05, 0.1) is 18.9 Å². The van der Waals surface area contributed by atoms with Crippen molar-refractivity contribution in [1.29, 1.82) is 0 Å². The van der Waals surface area contributed by atoms with Gasteiger partial charge in [-0.3, -0.25) is 9.59 Å². The fraction of sp³-hybridized carbons (Fsp3) is 0.0435. The number of halogens is 1. The molecule has 0 fully saturated rings. The summed E-state index contributed by atoms with van der Waals surface area (Å²) in [5, 5.41) is 6.24. The number of amides is 2. The van der Waals surface area contributed by atoms with Crippen LogP contribution in [0.4, 0.5) is 5.69 Å². The Kier molecular flexibility index (Phi) is 7.71. The maximum absolute atomic E-state index is 12.5. The number of esters is 1. The highest BCUT2D eigenvalue weighted by atomic mass is 79.9. The van der Waals surface area contributed by atoms with Crippen molar-refractivity contribution in [1.82, 2.24) is 5.43 Å². The van der Waals surface area contributed by atoms with E-state index in [0.29, 0.717) is 22.6 Å². The van der Waals surface area contributed by atoms with E-state index in [0.717, 1.165) is 4.47 Å². The third-order valence-corrected chi connectivity index (χ3v) is 4.63. The molecule has 3 rings (SSSR count). The summed E-state index contributed by atoms with van der Waals surface area (Å²) in [5.74, 6) is -1.64. The number of nitrogens with one attached hydrogen (secondary N) is 2. The number of carbonyl (C=O) groups excluding carboxylic acids is 3. The molecule has 3 aromatic rings. The number of methoxy groups -OCH3 is 1. The lowest BCUT2D eigenvalue weighted by atomic mass is 10.2. The number of rotatable bonds is 6. The van der Waals surface area contributed by atoms with Gasteiger partial charge in [0.15, 0.2) is 0 Å². The number of ether oxygens (including phenoxy) is 2. The number of benzene rings is 3. The lowest BCUT2D eigenvalue weighted by Gasteiger charge is -2.08. The van der Waals surface area contributed by atoms with Crippen LogP contribution in [0, 0.1) is 0 Å². The zero-order chi connectivity index (χ0) is 22.9. The van der Waals surface area contributed by atoms with Gasteiger partial charge >= 0.3 is 17.8 Å². The monoisotopic (exact) mass is 495 g/mol. The number of nitrogens with zero attached hydrogens (tertiary/aromatic N) is 1. The first-order valence-corrected chi connectivity index (χ1v) is 10.1.